The standard InChI is InChI=1S/C42H24N2O4S4/c45-25-9-1-21(2-10-25)33-19-31-39(49-33)41-37(43(31)23-5-13-27(47)14-6-23)29-17-36-30(18-35(29)51-41)38-42(52-36)40-32(44(38)24-7-15-28(48)16-8-24)20-34(50-40)22-3-11-26(46)12-4-22/h1-20,45-48H. The minimum absolute atomic E-state index is 0.225. The third kappa shape index (κ3) is 4.32. The van der Waals surface area contributed by atoms with Gasteiger partial charge in [0.15, 0.2) is 0 Å². The van der Waals surface area contributed by atoms with Crippen LogP contribution in [0.1, 0.15) is 0 Å². The highest BCUT2D eigenvalue weighted by atomic mass is 32.1. The summed E-state index contributed by atoms with van der Waals surface area (Å²) < 4.78 is 11.9. The second-order valence-electron chi connectivity index (χ2n) is 12.9. The van der Waals surface area contributed by atoms with Crippen LogP contribution in [0.2, 0.25) is 0 Å². The lowest BCUT2D eigenvalue weighted by molar-refractivity contribution is 0.474. The van der Waals surface area contributed by atoms with Gasteiger partial charge in [-0.3, -0.25) is 0 Å². The summed E-state index contributed by atoms with van der Waals surface area (Å²) in [5.74, 6) is 0.939. The van der Waals surface area contributed by atoms with Crippen LogP contribution in [0.25, 0.3) is 93.3 Å². The molecular weight excluding hydrogens is 725 g/mol. The van der Waals surface area contributed by atoms with E-state index in [1.165, 1.54) is 39.0 Å². The van der Waals surface area contributed by atoms with Crippen molar-refractivity contribution in [3.63, 3.8) is 0 Å². The van der Waals surface area contributed by atoms with Crippen LogP contribution in [0, 0.1) is 0 Å². The van der Waals surface area contributed by atoms with Crippen molar-refractivity contribution in [3.05, 3.63) is 121 Å². The van der Waals surface area contributed by atoms with Gasteiger partial charge in [0.25, 0.3) is 0 Å². The van der Waals surface area contributed by atoms with E-state index in [1.807, 2.05) is 48.5 Å². The Hall–Kier alpha value is -5.78. The molecule has 0 fully saturated rings. The number of phenolic OH excluding ortho intramolecular Hbond substituents is 4. The van der Waals surface area contributed by atoms with Crippen molar-refractivity contribution in [2.45, 2.75) is 0 Å². The van der Waals surface area contributed by atoms with Gasteiger partial charge in [0, 0.05) is 41.3 Å². The highest BCUT2D eigenvalue weighted by Gasteiger charge is 2.25. The molecule has 52 heavy (non-hydrogen) atoms. The highest BCUT2D eigenvalue weighted by Crippen LogP contribution is 2.52. The first kappa shape index (κ1) is 29.9. The molecule has 0 bridgehead atoms. The van der Waals surface area contributed by atoms with Gasteiger partial charge in [0.1, 0.15) is 23.0 Å². The molecule has 0 aliphatic rings. The molecule has 0 spiro atoms. The summed E-state index contributed by atoms with van der Waals surface area (Å²) >= 11 is 7.13. The van der Waals surface area contributed by atoms with Crippen LogP contribution in [0.5, 0.6) is 23.0 Å². The molecule has 250 valence electrons. The fourth-order valence-electron chi connectivity index (χ4n) is 7.35. The van der Waals surface area contributed by atoms with Crippen LogP contribution < -0.4 is 0 Å². The van der Waals surface area contributed by atoms with E-state index < -0.39 is 0 Å². The minimum Gasteiger partial charge on any atom is -0.508 e. The highest BCUT2D eigenvalue weighted by molar-refractivity contribution is 7.33. The number of hydrogen-bond donors (Lipinski definition) is 4. The van der Waals surface area contributed by atoms with Gasteiger partial charge in [0.2, 0.25) is 0 Å². The van der Waals surface area contributed by atoms with Gasteiger partial charge in [-0.05, 0) is 132 Å². The summed E-state index contributed by atoms with van der Waals surface area (Å²) in [4.78, 5) is 2.25. The fraction of sp³-hybridized carbons (Fsp3) is 0. The van der Waals surface area contributed by atoms with Crippen molar-refractivity contribution in [2.75, 3.05) is 0 Å². The Morgan fingerprint density at radius 2 is 0.712 bits per heavy atom. The maximum atomic E-state index is 10.2. The quantitative estimate of drug-likeness (QED) is 0.144. The van der Waals surface area contributed by atoms with Gasteiger partial charge < -0.3 is 29.6 Å². The van der Waals surface area contributed by atoms with E-state index in [9.17, 15) is 20.4 Å². The monoisotopic (exact) mass is 748 g/mol. The van der Waals surface area contributed by atoms with Crippen molar-refractivity contribution in [1.82, 2.24) is 9.13 Å². The van der Waals surface area contributed by atoms with Crippen LogP contribution in [-0.4, -0.2) is 29.6 Å². The SMILES string of the molecule is Oc1ccc(-c2cc3c(s2)c2sc4cc5c(cc4c2n3-c2ccc(O)cc2)sc2c3sc(-c4ccc(O)cc4)cc3n(-c3ccc(O)cc3)c52)cc1. The average molecular weight is 749 g/mol. The molecule has 0 aliphatic heterocycles. The number of aromatic hydroxyl groups is 4. The Labute approximate surface area is 310 Å². The van der Waals surface area contributed by atoms with Gasteiger partial charge in [0.05, 0.1) is 40.9 Å². The Morgan fingerprint density at radius 3 is 1.08 bits per heavy atom. The Bertz CT molecular complexity index is 2970. The van der Waals surface area contributed by atoms with Crippen molar-refractivity contribution in [1.29, 1.82) is 0 Å². The first-order valence-corrected chi connectivity index (χ1v) is 19.7. The second-order valence-corrected chi connectivity index (χ2v) is 17.1. The molecule has 0 atom stereocenters. The van der Waals surface area contributed by atoms with Gasteiger partial charge in [-0.15, -0.1) is 45.3 Å². The largest absolute Gasteiger partial charge is 0.508 e. The number of phenols is 4. The predicted molar refractivity (Wildman–Crippen MR) is 219 cm³/mol. The lowest BCUT2D eigenvalue weighted by Crippen LogP contribution is -1.93. The van der Waals surface area contributed by atoms with Gasteiger partial charge in [-0.25, -0.2) is 0 Å². The zero-order valence-electron chi connectivity index (χ0n) is 26.9. The van der Waals surface area contributed by atoms with E-state index in [1.54, 1.807) is 93.9 Å². The van der Waals surface area contributed by atoms with E-state index in [4.69, 9.17) is 0 Å². The smallest absolute Gasteiger partial charge is 0.115 e. The average Bonchev–Trinajstić information content (AvgIpc) is 3.98. The summed E-state index contributed by atoms with van der Waals surface area (Å²) in [5, 5.41) is 42.6. The zero-order valence-corrected chi connectivity index (χ0v) is 30.1. The first-order valence-electron chi connectivity index (χ1n) is 16.5. The summed E-state index contributed by atoms with van der Waals surface area (Å²) in [6.07, 6.45) is 0. The molecule has 5 aromatic carbocycles. The number of hydrogen-bond acceptors (Lipinski definition) is 8. The predicted octanol–water partition coefficient (Wildman–Crippen LogP) is 12.6. The second kappa shape index (κ2) is 10.9. The summed E-state index contributed by atoms with van der Waals surface area (Å²) in [6, 6.07) is 38.7. The van der Waals surface area contributed by atoms with E-state index in [2.05, 4.69) is 33.4 Å². The van der Waals surface area contributed by atoms with E-state index >= 15 is 0 Å². The van der Waals surface area contributed by atoms with Crippen molar-refractivity contribution >= 4 is 106 Å². The van der Waals surface area contributed by atoms with Crippen LogP contribution in [0.4, 0.5) is 0 Å². The van der Waals surface area contributed by atoms with Crippen molar-refractivity contribution < 1.29 is 20.4 Å². The molecule has 0 unspecified atom stereocenters. The lowest BCUT2D eigenvalue weighted by Gasteiger charge is -2.08. The topological polar surface area (TPSA) is 90.8 Å². The summed E-state index contributed by atoms with van der Waals surface area (Å²) in [7, 11) is 0. The van der Waals surface area contributed by atoms with Crippen LogP contribution in [0.15, 0.2) is 121 Å². The molecule has 0 saturated carbocycles. The number of rotatable bonds is 4. The van der Waals surface area contributed by atoms with Crippen LogP contribution in [0.3, 0.4) is 0 Å². The Morgan fingerprint density at radius 1 is 0.365 bits per heavy atom. The summed E-state index contributed by atoms with van der Waals surface area (Å²) in [5.41, 5.74) is 8.59. The first-order chi connectivity index (χ1) is 25.4. The Balaban J connectivity index is 1.20. The number of aromatic nitrogens is 2. The molecule has 6 nitrogen and oxygen atoms in total. The molecule has 0 radical (unpaired) electrons. The number of thiophene rings is 4. The van der Waals surface area contributed by atoms with Crippen molar-refractivity contribution in [2.24, 2.45) is 0 Å². The minimum atomic E-state index is 0.225. The van der Waals surface area contributed by atoms with Crippen molar-refractivity contribution in [3.8, 4) is 55.3 Å². The zero-order chi connectivity index (χ0) is 34.8. The maximum Gasteiger partial charge on any atom is 0.115 e. The van der Waals surface area contributed by atoms with Gasteiger partial charge in [-0.2, -0.15) is 0 Å². The lowest BCUT2D eigenvalue weighted by atomic mass is 10.1. The molecule has 10 heteroatoms. The third-order valence-electron chi connectivity index (χ3n) is 9.73. The van der Waals surface area contributed by atoms with Gasteiger partial charge >= 0.3 is 0 Å². The van der Waals surface area contributed by atoms with Crippen LogP contribution >= 0.6 is 45.3 Å². The van der Waals surface area contributed by atoms with E-state index in [-0.39, 0.29) is 23.0 Å². The van der Waals surface area contributed by atoms with E-state index in [0.29, 0.717) is 0 Å². The molecule has 6 heterocycles. The number of nitrogens with zero attached hydrogens (tertiary/aromatic N) is 2. The number of benzene rings is 5. The molecule has 4 N–H and O–H groups in total. The third-order valence-corrected chi connectivity index (χ3v) is 14.7. The van der Waals surface area contributed by atoms with Gasteiger partial charge in [-0.1, -0.05) is 0 Å². The fourth-order valence-corrected chi connectivity index (χ4v) is 12.3. The summed E-state index contributed by atoms with van der Waals surface area (Å²) in [6.45, 7) is 0. The molecule has 11 rings (SSSR count). The number of fused-ring (bicyclic) bond motifs is 10. The molecular formula is C42H24N2O4S4. The molecule has 6 aromatic heterocycles. The maximum absolute atomic E-state index is 10.2. The molecule has 0 amide bonds. The molecule has 0 aliphatic carbocycles. The normalized spacial score (nSPS) is 12.2. The van der Waals surface area contributed by atoms with Crippen LogP contribution in [-0.2, 0) is 0 Å². The molecule has 0 saturated heterocycles. The Kier molecular flexibility index (Phi) is 6.25. The van der Waals surface area contributed by atoms with E-state index in [0.717, 1.165) is 54.3 Å². The molecule has 11 aromatic rings.